The summed E-state index contributed by atoms with van der Waals surface area (Å²) in [6, 6.07) is 11.7. The van der Waals surface area contributed by atoms with Crippen molar-refractivity contribution < 1.29 is 9.53 Å². The lowest BCUT2D eigenvalue weighted by Gasteiger charge is -2.04. The minimum atomic E-state index is -0.284. The van der Waals surface area contributed by atoms with Crippen molar-refractivity contribution in [3.05, 3.63) is 64.5 Å². The second-order valence-corrected chi connectivity index (χ2v) is 4.90. The topological polar surface area (TPSA) is 39.2 Å². The van der Waals surface area contributed by atoms with Crippen molar-refractivity contribution in [1.29, 1.82) is 0 Å². The molecule has 0 unspecified atom stereocenters. The molecule has 0 spiro atoms. The molecule has 0 aliphatic rings. The molecule has 0 saturated carbocycles. The SMILES string of the molecule is CC(=O)OCc1cc(C)cc(C#Cc2cccc(C)n2)c1. The molecule has 0 saturated heterocycles. The predicted molar refractivity (Wildman–Crippen MR) is 81.6 cm³/mol. The third-order valence-corrected chi connectivity index (χ3v) is 2.80. The Balaban J connectivity index is 2.22. The molecule has 106 valence electrons. The van der Waals surface area contributed by atoms with Crippen LogP contribution in [-0.4, -0.2) is 11.0 Å². The van der Waals surface area contributed by atoms with Crippen LogP contribution in [0.3, 0.4) is 0 Å². The van der Waals surface area contributed by atoms with Gasteiger partial charge >= 0.3 is 5.97 Å². The monoisotopic (exact) mass is 279 g/mol. The highest BCUT2D eigenvalue weighted by Crippen LogP contribution is 2.10. The molecular weight excluding hydrogens is 262 g/mol. The summed E-state index contributed by atoms with van der Waals surface area (Å²) < 4.78 is 5.02. The zero-order valence-electron chi connectivity index (χ0n) is 12.4. The molecule has 2 aromatic rings. The lowest BCUT2D eigenvalue weighted by Crippen LogP contribution is -1.99. The van der Waals surface area contributed by atoms with E-state index in [1.807, 2.05) is 50.2 Å². The van der Waals surface area contributed by atoms with E-state index in [-0.39, 0.29) is 12.6 Å². The highest BCUT2D eigenvalue weighted by atomic mass is 16.5. The number of carbonyl (C=O) groups excluding carboxylic acids is 1. The summed E-state index contributed by atoms with van der Waals surface area (Å²) in [6.45, 7) is 5.61. The van der Waals surface area contributed by atoms with E-state index in [1.54, 1.807) is 0 Å². The van der Waals surface area contributed by atoms with Gasteiger partial charge in [-0.15, -0.1) is 0 Å². The van der Waals surface area contributed by atoms with Crippen LogP contribution in [0.4, 0.5) is 0 Å². The number of rotatable bonds is 2. The second kappa shape index (κ2) is 6.71. The molecule has 1 aromatic carbocycles. The van der Waals surface area contributed by atoms with Crippen molar-refractivity contribution in [3.8, 4) is 11.8 Å². The molecule has 0 aliphatic carbocycles. The molecule has 0 atom stereocenters. The van der Waals surface area contributed by atoms with Gasteiger partial charge in [-0.1, -0.05) is 18.1 Å². The molecule has 1 heterocycles. The van der Waals surface area contributed by atoms with Crippen LogP contribution >= 0.6 is 0 Å². The summed E-state index contributed by atoms with van der Waals surface area (Å²) in [5.41, 5.74) is 4.60. The van der Waals surface area contributed by atoms with E-state index >= 15 is 0 Å². The largest absolute Gasteiger partial charge is 0.461 e. The molecule has 3 nitrogen and oxygen atoms in total. The summed E-state index contributed by atoms with van der Waals surface area (Å²) >= 11 is 0. The maximum absolute atomic E-state index is 10.9. The molecule has 0 radical (unpaired) electrons. The third-order valence-electron chi connectivity index (χ3n) is 2.80. The van der Waals surface area contributed by atoms with Crippen LogP contribution in [0.15, 0.2) is 36.4 Å². The molecule has 3 heteroatoms. The number of hydrogen-bond donors (Lipinski definition) is 0. The van der Waals surface area contributed by atoms with Gasteiger partial charge in [-0.2, -0.15) is 0 Å². The lowest BCUT2D eigenvalue weighted by molar-refractivity contribution is -0.142. The number of ether oxygens (including phenoxy) is 1. The summed E-state index contributed by atoms with van der Waals surface area (Å²) in [5, 5.41) is 0. The predicted octanol–water partition coefficient (Wildman–Crippen LogP) is 3.16. The maximum Gasteiger partial charge on any atom is 0.302 e. The van der Waals surface area contributed by atoms with Gasteiger partial charge in [0.25, 0.3) is 0 Å². The standard InChI is InChI=1S/C18H17NO2/c1-13-9-16(11-17(10-13)12-21-15(3)20)7-8-18-6-4-5-14(2)19-18/h4-6,9-11H,12H2,1-3H3. The van der Waals surface area contributed by atoms with Gasteiger partial charge in [0.2, 0.25) is 0 Å². The molecule has 2 rings (SSSR count). The van der Waals surface area contributed by atoms with Gasteiger partial charge in [0.15, 0.2) is 0 Å². The van der Waals surface area contributed by atoms with E-state index in [2.05, 4.69) is 16.8 Å². The minimum Gasteiger partial charge on any atom is -0.461 e. The summed E-state index contributed by atoms with van der Waals surface area (Å²) in [5.74, 6) is 5.87. The molecule has 0 amide bonds. The number of aryl methyl sites for hydroxylation is 2. The third kappa shape index (κ3) is 4.77. The van der Waals surface area contributed by atoms with Crippen LogP contribution in [0, 0.1) is 25.7 Å². The number of aromatic nitrogens is 1. The number of hydrogen-bond acceptors (Lipinski definition) is 3. The van der Waals surface area contributed by atoms with E-state index in [0.717, 1.165) is 28.1 Å². The van der Waals surface area contributed by atoms with Crippen LogP contribution in [-0.2, 0) is 16.1 Å². The van der Waals surface area contributed by atoms with E-state index in [9.17, 15) is 4.79 Å². The van der Waals surface area contributed by atoms with Crippen LogP contribution in [0.5, 0.6) is 0 Å². The molecule has 0 N–H and O–H groups in total. The quantitative estimate of drug-likeness (QED) is 0.626. The first kappa shape index (κ1) is 14.8. The summed E-state index contributed by atoms with van der Waals surface area (Å²) in [7, 11) is 0. The normalized spacial score (nSPS) is 9.67. The van der Waals surface area contributed by atoms with Crippen LogP contribution < -0.4 is 0 Å². The molecule has 0 aliphatic heterocycles. The van der Waals surface area contributed by atoms with Crippen LogP contribution in [0.25, 0.3) is 0 Å². The van der Waals surface area contributed by atoms with E-state index in [1.165, 1.54) is 6.92 Å². The van der Waals surface area contributed by atoms with Gasteiger partial charge in [-0.25, -0.2) is 4.98 Å². The van der Waals surface area contributed by atoms with E-state index in [0.29, 0.717) is 0 Å². The van der Waals surface area contributed by atoms with Crippen LogP contribution in [0.2, 0.25) is 0 Å². The van der Waals surface area contributed by atoms with E-state index < -0.39 is 0 Å². The summed E-state index contributed by atoms with van der Waals surface area (Å²) in [4.78, 5) is 15.2. The summed E-state index contributed by atoms with van der Waals surface area (Å²) in [6.07, 6.45) is 0. The maximum atomic E-state index is 10.9. The Morgan fingerprint density at radius 1 is 1.19 bits per heavy atom. The fourth-order valence-corrected chi connectivity index (χ4v) is 1.95. The van der Waals surface area contributed by atoms with Crippen molar-refractivity contribution >= 4 is 5.97 Å². The Bertz CT molecular complexity index is 723. The Morgan fingerprint density at radius 2 is 2.00 bits per heavy atom. The Hall–Kier alpha value is -2.60. The van der Waals surface area contributed by atoms with Gasteiger partial charge in [0.1, 0.15) is 12.3 Å². The molecule has 0 bridgehead atoms. The first-order valence-electron chi connectivity index (χ1n) is 6.72. The van der Waals surface area contributed by atoms with Gasteiger partial charge in [-0.05, 0) is 55.2 Å². The molecule has 21 heavy (non-hydrogen) atoms. The zero-order chi connectivity index (χ0) is 15.2. The van der Waals surface area contributed by atoms with Crippen molar-refractivity contribution in [2.45, 2.75) is 27.4 Å². The van der Waals surface area contributed by atoms with E-state index in [4.69, 9.17) is 4.74 Å². The van der Waals surface area contributed by atoms with Gasteiger partial charge in [-0.3, -0.25) is 4.79 Å². The lowest BCUT2D eigenvalue weighted by atomic mass is 10.1. The first-order chi connectivity index (χ1) is 10.0. The zero-order valence-corrected chi connectivity index (χ0v) is 12.4. The van der Waals surface area contributed by atoms with Crippen molar-refractivity contribution in [1.82, 2.24) is 4.98 Å². The molecule has 0 fully saturated rings. The Labute approximate surface area is 125 Å². The minimum absolute atomic E-state index is 0.272. The number of carbonyl (C=O) groups is 1. The van der Waals surface area contributed by atoms with Crippen LogP contribution in [0.1, 0.15) is 35.0 Å². The number of esters is 1. The highest BCUT2D eigenvalue weighted by molar-refractivity contribution is 5.66. The number of pyridine rings is 1. The first-order valence-corrected chi connectivity index (χ1v) is 6.72. The fraction of sp³-hybridized carbons (Fsp3) is 0.222. The number of benzene rings is 1. The molecule has 1 aromatic heterocycles. The van der Waals surface area contributed by atoms with Gasteiger partial charge in [0, 0.05) is 18.2 Å². The van der Waals surface area contributed by atoms with Gasteiger partial charge < -0.3 is 4.74 Å². The van der Waals surface area contributed by atoms with Crippen molar-refractivity contribution in [2.75, 3.05) is 0 Å². The molecular formula is C18H17NO2. The fourth-order valence-electron chi connectivity index (χ4n) is 1.95. The second-order valence-electron chi connectivity index (χ2n) is 4.90. The highest BCUT2D eigenvalue weighted by Gasteiger charge is 2.00. The smallest absolute Gasteiger partial charge is 0.302 e. The van der Waals surface area contributed by atoms with Crippen molar-refractivity contribution in [3.63, 3.8) is 0 Å². The van der Waals surface area contributed by atoms with Gasteiger partial charge in [0.05, 0.1) is 0 Å². The Kier molecular flexibility index (Phi) is 4.73. The Morgan fingerprint density at radius 3 is 2.71 bits per heavy atom. The number of nitrogens with zero attached hydrogens (tertiary/aromatic N) is 1. The average molecular weight is 279 g/mol. The average Bonchev–Trinajstić information content (AvgIpc) is 2.43. The van der Waals surface area contributed by atoms with Crippen molar-refractivity contribution in [2.24, 2.45) is 0 Å².